The van der Waals surface area contributed by atoms with Gasteiger partial charge in [-0.15, -0.1) is 0 Å². The summed E-state index contributed by atoms with van der Waals surface area (Å²) in [5.41, 5.74) is 3.35. The van der Waals surface area contributed by atoms with E-state index >= 15 is 0 Å². The van der Waals surface area contributed by atoms with Crippen LogP contribution in [-0.4, -0.2) is 36.3 Å². The molecule has 162 valence electrons. The van der Waals surface area contributed by atoms with E-state index in [1.54, 1.807) is 12.1 Å². The minimum atomic E-state index is -3.26. The monoisotopic (exact) mass is 429 g/mol. The zero-order chi connectivity index (χ0) is 21.9. The number of aryl methyl sites for hydroxylation is 1. The largest absolute Gasteiger partial charge is 0.411 e. The third-order valence-electron chi connectivity index (χ3n) is 6.35. The Bertz CT molecular complexity index is 1000. The van der Waals surface area contributed by atoms with E-state index in [2.05, 4.69) is 24.2 Å². The van der Waals surface area contributed by atoms with Crippen molar-refractivity contribution < 1.29 is 18.7 Å². The molecule has 3 rings (SSSR count). The van der Waals surface area contributed by atoms with E-state index < -0.39 is 15.4 Å². The number of rotatable bonds is 6. The molecule has 6 heteroatoms. The third-order valence-corrected chi connectivity index (χ3v) is 7.48. The average Bonchev–Trinajstić information content (AvgIpc) is 2.70. The van der Waals surface area contributed by atoms with Crippen LogP contribution in [-0.2, 0) is 9.84 Å². The summed E-state index contributed by atoms with van der Waals surface area (Å²) in [6.07, 6.45) is 4.71. The van der Waals surface area contributed by atoms with Gasteiger partial charge in [-0.3, -0.25) is 0 Å². The maximum absolute atomic E-state index is 11.8. The molecule has 0 aliphatic heterocycles. The van der Waals surface area contributed by atoms with Gasteiger partial charge in [0.2, 0.25) is 0 Å². The van der Waals surface area contributed by atoms with Crippen LogP contribution in [0.25, 0.3) is 0 Å². The van der Waals surface area contributed by atoms with Gasteiger partial charge in [-0.05, 0) is 68.4 Å². The summed E-state index contributed by atoms with van der Waals surface area (Å²) in [6, 6.07) is 15.1. The molecule has 0 saturated heterocycles. The molecule has 5 nitrogen and oxygen atoms in total. The normalized spacial score (nSPS) is 23.9. The number of benzene rings is 2. The van der Waals surface area contributed by atoms with Crippen molar-refractivity contribution in [3.8, 4) is 0 Å². The van der Waals surface area contributed by atoms with Gasteiger partial charge in [-0.25, -0.2) is 8.42 Å². The molecule has 0 aromatic heterocycles. The van der Waals surface area contributed by atoms with Gasteiger partial charge in [0.25, 0.3) is 0 Å². The van der Waals surface area contributed by atoms with Crippen LogP contribution < -0.4 is 0 Å². The van der Waals surface area contributed by atoms with Crippen LogP contribution in [0.15, 0.2) is 58.6 Å². The summed E-state index contributed by atoms with van der Waals surface area (Å²) in [7, 11) is -3.26. The summed E-state index contributed by atoms with van der Waals surface area (Å²) in [5, 5.41) is 23.8. The second kappa shape index (κ2) is 8.90. The summed E-state index contributed by atoms with van der Waals surface area (Å²) in [4.78, 5) is 0.292. The number of nitrogens with zero attached hydrogens (tertiary/aromatic N) is 1. The van der Waals surface area contributed by atoms with Gasteiger partial charge in [0.1, 0.15) is 0 Å². The van der Waals surface area contributed by atoms with E-state index in [4.69, 9.17) is 0 Å². The quantitative estimate of drug-likeness (QED) is 0.396. The number of hydrogen-bond donors (Lipinski definition) is 2. The molecule has 1 aliphatic carbocycles. The molecule has 1 fully saturated rings. The number of aliphatic hydroxyl groups is 1. The first kappa shape index (κ1) is 22.5. The summed E-state index contributed by atoms with van der Waals surface area (Å²) >= 11 is 0. The third kappa shape index (κ3) is 5.29. The number of sulfone groups is 1. The topological polar surface area (TPSA) is 87.0 Å². The zero-order valence-corrected chi connectivity index (χ0v) is 18.7. The van der Waals surface area contributed by atoms with E-state index in [9.17, 15) is 18.7 Å². The van der Waals surface area contributed by atoms with Crippen LogP contribution in [0.1, 0.15) is 61.6 Å². The van der Waals surface area contributed by atoms with E-state index in [1.807, 2.05) is 31.2 Å². The molecule has 0 spiro atoms. The van der Waals surface area contributed by atoms with E-state index in [-0.39, 0.29) is 11.8 Å². The van der Waals surface area contributed by atoms with Gasteiger partial charge in [-0.2, -0.15) is 0 Å². The Balaban J connectivity index is 1.93. The van der Waals surface area contributed by atoms with Gasteiger partial charge in [0, 0.05) is 24.5 Å². The van der Waals surface area contributed by atoms with Crippen molar-refractivity contribution in [2.45, 2.75) is 62.4 Å². The highest BCUT2D eigenvalue weighted by molar-refractivity contribution is 7.90. The van der Waals surface area contributed by atoms with Crippen LogP contribution in [0.5, 0.6) is 0 Å². The van der Waals surface area contributed by atoms with Crippen molar-refractivity contribution in [2.24, 2.45) is 11.1 Å². The Hall–Kier alpha value is -2.18. The van der Waals surface area contributed by atoms with Crippen molar-refractivity contribution in [3.05, 3.63) is 65.2 Å². The molecule has 1 saturated carbocycles. The maximum Gasteiger partial charge on any atom is 0.175 e. The molecular formula is C24H31NO4S. The lowest BCUT2D eigenvalue weighted by molar-refractivity contribution is 0.0153. The lowest BCUT2D eigenvalue weighted by Crippen LogP contribution is -2.33. The first-order valence-electron chi connectivity index (χ1n) is 10.4. The van der Waals surface area contributed by atoms with Gasteiger partial charge < -0.3 is 10.3 Å². The van der Waals surface area contributed by atoms with Crippen LogP contribution in [0, 0.1) is 12.8 Å². The average molecular weight is 430 g/mol. The molecule has 0 amide bonds. The Morgan fingerprint density at radius 1 is 1.13 bits per heavy atom. The summed E-state index contributed by atoms with van der Waals surface area (Å²) in [6.45, 7) is 3.92. The standard InChI is InChI=1S/C24H31NO4S/c1-17-6-4-5-7-21(17)22(18-8-10-20(11-9-18)30(3,28)29)16-23(25-27)19-12-14-24(2,26)15-13-19/h4-11,19,22,26-27H,12-16H2,1-3H3/b25-23+. The number of oxime groups is 1. The Morgan fingerprint density at radius 2 is 1.73 bits per heavy atom. The van der Waals surface area contributed by atoms with Crippen LogP contribution in [0.4, 0.5) is 0 Å². The predicted molar refractivity (Wildman–Crippen MR) is 119 cm³/mol. The highest BCUT2D eigenvalue weighted by Gasteiger charge is 2.32. The van der Waals surface area contributed by atoms with Gasteiger partial charge in [0.05, 0.1) is 16.2 Å². The van der Waals surface area contributed by atoms with Gasteiger partial charge in [-0.1, -0.05) is 41.6 Å². The predicted octanol–water partition coefficient (Wildman–Crippen LogP) is 4.69. The number of hydrogen-bond acceptors (Lipinski definition) is 5. The first-order valence-corrected chi connectivity index (χ1v) is 12.3. The molecule has 1 unspecified atom stereocenters. The first-order chi connectivity index (χ1) is 14.1. The lowest BCUT2D eigenvalue weighted by Gasteiger charge is -2.34. The van der Waals surface area contributed by atoms with E-state index in [0.29, 0.717) is 24.2 Å². The molecule has 1 atom stereocenters. The molecule has 2 N–H and O–H groups in total. The van der Waals surface area contributed by atoms with Crippen LogP contribution in [0.3, 0.4) is 0 Å². The fraction of sp³-hybridized carbons (Fsp3) is 0.458. The Labute approximate surface area is 179 Å². The van der Waals surface area contributed by atoms with E-state index in [1.165, 1.54) is 6.26 Å². The second-order valence-corrected chi connectivity index (χ2v) is 10.8. The molecule has 2 aromatic rings. The van der Waals surface area contributed by atoms with Gasteiger partial charge in [0.15, 0.2) is 9.84 Å². The van der Waals surface area contributed by atoms with Gasteiger partial charge >= 0.3 is 0 Å². The van der Waals surface area contributed by atoms with Crippen molar-refractivity contribution in [2.75, 3.05) is 6.26 Å². The smallest absolute Gasteiger partial charge is 0.175 e. The molecule has 30 heavy (non-hydrogen) atoms. The molecule has 0 radical (unpaired) electrons. The molecule has 0 bridgehead atoms. The van der Waals surface area contributed by atoms with Crippen LogP contribution in [0.2, 0.25) is 0 Å². The molecule has 2 aromatic carbocycles. The molecule has 0 heterocycles. The SMILES string of the molecule is Cc1ccccc1C(C/C(=N\O)C1CCC(C)(O)CC1)c1ccc(S(C)(=O)=O)cc1. The summed E-state index contributed by atoms with van der Waals surface area (Å²) in [5.74, 6) is 0.0881. The Morgan fingerprint density at radius 3 is 2.27 bits per heavy atom. The minimum Gasteiger partial charge on any atom is -0.411 e. The Kier molecular flexibility index (Phi) is 6.68. The van der Waals surface area contributed by atoms with Crippen LogP contribution >= 0.6 is 0 Å². The minimum absolute atomic E-state index is 0.0480. The fourth-order valence-corrected chi connectivity index (χ4v) is 5.03. The van der Waals surface area contributed by atoms with Crippen molar-refractivity contribution in [1.29, 1.82) is 0 Å². The summed E-state index contributed by atoms with van der Waals surface area (Å²) < 4.78 is 23.7. The highest BCUT2D eigenvalue weighted by Crippen LogP contribution is 2.37. The van der Waals surface area contributed by atoms with Crippen molar-refractivity contribution in [1.82, 2.24) is 0 Å². The molecular weight excluding hydrogens is 398 g/mol. The highest BCUT2D eigenvalue weighted by atomic mass is 32.2. The maximum atomic E-state index is 11.8. The van der Waals surface area contributed by atoms with Crippen molar-refractivity contribution in [3.63, 3.8) is 0 Å². The fourth-order valence-electron chi connectivity index (χ4n) is 4.40. The second-order valence-electron chi connectivity index (χ2n) is 8.82. The van der Waals surface area contributed by atoms with Crippen molar-refractivity contribution >= 4 is 15.5 Å². The molecule has 1 aliphatic rings. The zero-order valence-electron chi connectivity index (χ0n) is 17.9. The van der Waals surface area contributed by atoms with E-state index in [0.717, 1.165) is 35.2 Å². The lowest BCUT2D eigenvalue weighted by atomic mass is 9.74.